The summed E-state index contributed by atoms with van der Waals surface area (Å²) in [7, 11) is 3.22. The molecule has 16 nitrogen and oxygen atoms in total. The number of esters is 1. The van der Waals surface area contributed by atoms with E-state index in [1.54, 1.807) is 20.4 Å². The van der Waals surface area contributed by atoms with Gasteiger partial charge >= 0.3 is 12.0 Å². The number of aliphatic hydroxyl groups is 1. The Labute approximate surface area is 367 Å². The molecule has 2 saturated heterocycles. The molecule has 1 unspecified atom stereocenters. The van der Waals surface area contributed by atoms with E-state index in [4.69, 9.17) is 25.2 Å². The predicted octanol–water partition coefficient (Wildman–Crippen LogP) is 4.28. The molecular formula is C45H61N9O7S. The summed E-state index contributed by atoms with van der Waals surface area (Å²) < 4.78 is 14.2. The Bertz CT molecular complexity index is 2300. The molecule has 0 radical (unpaired) electrons. The van der Waals surface area contributed by atoms with E-state index >= 15 is 0 Å². The number of thiazole rings is 1. The Kier molecular flexibility index (Phi) is 13.4. The highest BCUT2D eigenvalue weighted by Crippen LogP contribution is 2.42. The van der Waals surface area contributed by atoms with Crippen LogP contribution in [-0.2, 0) is 43.2 Å². The van der Waals surface area contributed by atoms with Crippen molar-refractivity contribution in [3.8, 4) is 22.5 Å². The van der Waals surface area contributed by atoms with Gasteiger partial charge in [-0.05, 0) is 68.9 Å². The Morgan fingerprint density at radius 1 is 1.19 bits per heavy atom. The third kappa shape index (κ3) is 9.09. The van der Waals surface area contributed by atoms with E-state index in [9.17, 15) is 24.3 Å². The maximum absolute atomic E-state index is 14.5. The van der Waals surface area contributed by atoms with Crippen molar-refractivity contribution in [2.75, 3.05) is 40.4 Å². The first-order chi connectivity index (χ1) is 29.5. The summed E-state index contributed by atoms with van der Waals surface area (Å²) in [5, 5.41) is 18.3. The van der Waals surface area contributed by atoms with Crippen LogP contribution >= 0.6 is 11.3 Å². The van der Waals surface area contributed by atoms with Gasteiger partial charge in [0.25, 0.3) is 5.91 Å². The number of nitrogens with two attached hydrogens (primary N) is 1. The minimum atomic E-state index is -1.09. The van der Waals surface area contributed by atoms with Crippen molar-refractivity contribution < 1.29 is 33.8 Å². The zero-order valence-corrected chi connectivity index (χ0v) is 37.8. The normalized spacial score (nSPS) is 23.0. The maximum Gasteiger partial charge on any atom is 0.324 e. The van der Waals surface area contributed by atoms with Gasteiger partial charge in [-0.1, -0.05) is 33.8 Å². The van der Waals surface area contributed by atoms with E-state index in [1.807, 2.05) is 32.2 Å². The number of urea groups is 1. The molecule has 0 aliphatic carbocycles. The number of rotatable bonds is 8. The lowest BCUT2D eigenvalue weighted by Crippen LogP contribution is -2.62. The molecule has 62 heavy (non-hydrogen) atoms. The molecule has 3 aliphatic heterocycles. The highest BCUT2D eigenvalue weighted by molar-refractivity contribution is 7.10. The second-order valence-corrected chi connectivity index (χ2v) is 18.9. The number of ether oxygens (including phenoxy) is 2. The van der Waals surface area contributed by atoms with Crippen molar-refractivity contribution in [1.29, 1.82) is 0 Å². The van der Waals surface area contributed by atoms with Gasteiger partial charge in [0.2, 0.25) is 5.91 Å². The van der Waals surface area contributed by atoms with Gasteiger partial charge in [-0.3, -0.25) is 24.4 Å². The van der Waals surface area contributed by atoms with Crippen LogP contribution in [0, 0.1) is 11.3 Å². The summed E-state index contributed by atoms with van der Waals surface area (Å²) in [4.78, 5) is 68.9. The fourth-order valence-corrected chi connectivity index (χ4v) is 9.91. The smallest absolute Gasteiger partial charge is 0.324 e. The van der Waals surface area contributed by atoms with Crippen LogP contribution in [0.1, 0.15) is 76.8 Å². The number of carbonyl (C=O) groups excluding carboxylic acids is 4. The van der Waals surface area contributed by atoms with Gasteiger partial charge in [-0.25, -0.2) is 15.2 Å². The van der Waals surface area contributed by atoms with Crippen LogP contribution in [0.2, 0.25) is 0 Å². The monoisotopic (exact) mass is 871 g/mol. The molecule has 6 atom stereocenters. The second-order valence-electron chi connectivity index (χ2n) is 18.0. The number of aryl methyl sites for hydroxylation is 1. The van der Waals surface area contributed by atoms with Gasteiger partial charge < -0.3 is 40.0 Å². The Balaban J connectivity index is 1.29. The number of carbonyl (C=O) groups is 4. The van der Waals surface area contributed by atoms with E-state index in [1.165, 1.54) is 26.1 Å². The van der Waals surface area contributed by atoms with Crippen LogP contribution in [-0.4, -0.2) is 129 Å². The molecule has 1 aromatic carbocycles. The highest BCUT2D eigenvalue weighted by atomic mass is 32.1. The fraction of sp³-hybridized carbons (Fsp3) is 0.556. The summed E-state index contributed by atoms with van der Waals surface area (Å²) in [5.74, 6) is -1.75. The Hall–Kier alpha value is -4.94. The molecule has 17 heteroatoms. The average molecular weight is 872 g/mol. The van der Waals surface area contributed by atoms with Crippen LogP contribution < -0.4 is 16.5 Å². The van der Waals surface area contributed by atoms with Crippen molar-refractivity contribution in [3.63, 3.8) is 0 Å². The van der Waals surface area contributed by atoms with Gasteiger partial charge in [-0.15, -0.1) is 11.3 Å². The topological polar surface area (TPSA) is 197 Å². The summed E-state index contributed by atoms with van der Waals surface area (Å²) >= 11 is 1.40. The summed E-state index contributed by atoms with van der Waals surface area (Å²) in [6.45, 7) is 13.3. The van der Waals surface area contributed by atoms with Crippen LogP contribution in [0.4, 0.5) is 4.79 Å². The zero-order chi connectivity index (χ0) is 44.6. The minimum Gasteiger partial charge on any atom is -0.464 e. The number of aromatic nitrogens is 3. The quantitative estimate of drug-likeness (QED) is 0.185. The zero-order valence-electron chi connectivity index (χ0n) is 37.0. The molecule has 334 valence electrons. The number of likely N-dealkylation sites (N-methyl/N-ethyl adjacent to an activating group) is 1. The Morgan fingerprint density at radius 2 is 1.97 bits per heavy atom. The number of nitrogens with one attached hydrogen (secondary N) is 2. The summed E-state index contributed by atoms with van der Waals surface area (Å²) in [6, 6.07) is 6.52. The van der Waals surface area contributed by atoms with Crippen molar-refractivity contribution in [1.82, 2.24) is 40.1 Å². The first kappa shape index (κ1) is 45.1. The molecule has 0 spiro atoms. The highest BCUT2D eigenvalue weighted by Gasteiger charge is 2.40. The van der Waals surface area contributed by atoms with E-state index < -0.39 is 59.5 Å². The van der Waals surface area contributed by atoms with Gasteiger partial charge in [0, 0.05) is 91.8 Å². The largest absolute Gasteiger partial charge is 0.464 e. The molecule has 3 aliphatic rings. The van der Waals surface area contributed by atoms with Crippen molar-refractivity contribution in [3.05, 3.63) is 58.2 Å². The first-order valence-electron chi connectivity index (χ1n) is 21.6. The van der Waals surface area contributed by atoms with Crippen molar-refractivity contribution in [2.45, 2.75) is 110 Å². The number of likely N-dealkylation sites (tertiary alicyclic amines) is 1. The molecule has 7 rings (SSSR count). The number of pyridine rings is 1. The first-order valence-corrected chi connectivity index (χ1v) is 22.5. The van der Waals surface area contributed by atoms with Crippen LogP contribution in [0.3, 0.4) is 0 Å². The number of hydrazine groups is 1. The third-order valence-corrected chi connectivity index (χ3v) is 13.2. The third-order valence-electron chi connectivity index (χ3n) is 12.4. The number of methoxy groups -OCH3 is 1. The number of hydrogen-bond acceptors (Lipinski definition) is 12. The molecule has 6 bridgehead atoms. The van der Waals surface area contributed by atoms with Crippen LogP contribution in [0.25, 0.3) is 33.4 Å². The number of benzene rings is 1. The van der Waals surface area contributed by atoms with E-state index in [0.717, 1.165) is 44.7 Å². The molecule has 3 aromatic heterocycles. The lowest BCUT2D eigenvalue weighted by molar-refractivity contribution is -0.155. The van der Waals surface area contributed by atoms with Gasteiger partial charge in [-0.2, -0.15) is 0 Å². The number of amides is 4. The molecular weight excluding hydrogens is 811 g/mol. The molecule has 5 N–H and O–H groups in total. The van der Waals surface area contributed by atoms with Crippen molar-refractivity contribution in [2.24, 2.45) is 17.1 Å². The fourth-order valence-electron chi connectivity index (χ4n) is 9.06. The van der Waals surface area contributed by atoms with E-state index in [-0.39, 0.29) is 38.1 Å². The molecule has 2 fully saturated rings. The lowest BCUT2D eigenvalue weighted by atomic mass is 9.84. The second kappa shape index (κ2) is 18.4. The number of aliphatic hydroxyl groups excluding tert-OH is 1. The number of hydrogen-bond donors (Lipinski definition) is 4. The van der Waals surface area contributed by atoms with Crippen LogP contribution in [0.15, 0.2) is 41.9 Å². The standard InChI is InChI=1S/C45H61N9O7S/c1-9-53-35-15-14-27-18-29(35)30(40(53)28-12-10-16-47-38(28)26(4)60-8)20-45(5,6)24-61-43(58)32-13-11-17-54(50-32)42(57)33(19-37-48-34(27)23-62-37)49-41(56)39(25(2)3)51(7)44(59)52-21-31(46)36(55)22-52/h10,12,14-16,18,23,25-26,31-33,36,39,50,55H,9,11,13,17,19-22,24,46H2,1-8H3,(H,49,56)/t26-,31-,32-,33-,36-,39?/m0/s1. The average Bonchev–Trinajstić information content (AvgIpc) is 3.95. The molecule has 4 amide bonds. The molecule has 6 heterocycles. The lowest BCUT2D eigenvalue weighted by Gasteiger charge is -2.37. The minimum absolute atomic E-state index is 0.0605. The van der Waals surface area contributed by atoms with Crippen molar-refractivity contribution >= 4 is 46.1 Å². The number of cyclic esters (lactones) is 1. The summed E-state index contributed by atoms with van der Waals surface area (Å²) in [5.41, 5.74) is 15.2. The SMILES string of the molecule is CCn1c(-c2cccnc2[C@H](C)OC)c2c3cc(ccc31)-c1csc(n1)C[C@H](NC(=O)C(C(C)C)N(C)C(=O)N1C[C@H](N)[C@@H](O)C1)C(=O)N1CCC[C@H](N1)C(=O)OCC(C)(C)C2. The number of β-amino-alcohol motifs (C(OH)–C–C–N with tert-alkyl or cyclic N) is 1. The predicted molar refractivity (Wildman–Crippen MR) is 237 cm³/mol. The molecule has 0 saturated carbocycles. The van der Waals surface area contributed by atoms with Gasteiger partial charge in [0.05, 0.1) is 40.9 Å². The van der Waals surface area contributed by atoms with Gasteiger partial charge in [0.1, 0.15) is 18.1 Å². The van der Waals surface area contributed by atoms with Crippen LogP contribution in [0.5, 0.6) is 0 Å². The molecule has 4 aromatic rings. The number of nitrogens with zero attached hydrogens (tertiary/aromatic N) is 6. The summed E-state index contributed by atoms with van der Waals surface area (Å²) in [6.07, 6.45) is 2.31. The number of fused-ring (bicyclic) bond motifs is 6. The maximum atomic E-state index is 14.5. The van der Waals surface area contributed by atoms with E-state index in [2.05, 4.69) is 60.3 Å². The van der Waals surface area contributed by atoms with Gasteiger partial charge in [0.15, 0.2) is 0 Å². The Morgan fingerprint density at radius 3 is 2.66 bits per heavy atom. The van der Waals surface area contributed by atoms with E-state index in [0.29, 0.717) is 37.4 Å².